The molecule has 1 saturated heterocycles. The predicted molar refractivity (Wildman–Crippen MR) is 74.5 cm³/mol. The first-order valence-corrected chi connectivity index (χ1v) is 7.00. The fraction of sp³-hybridized carbons (Fsp3) is 0.308. The molecule has 1 aliphatic rings. The number of amides is 2. The molecule has 6 nitrogen and oxygen atoms in total. The molecular formula is C13H14N2O4S. The zero-order valence-corrected chi connectivity index (χ0v) is 11.5. The smallest absolute Gasteiger partial charge is 0.328 e. The highest BCUT2D eigenvalue weighted by Gasteiger charge is 2.22. The summed E-state index contributed by atoms with van der Waals surface area (Å²) in [6.45, 7) is 1.28. The van der Waals surface area contributed by atoms with Crippen LogP contribution in [0.2, 0.25) is 0 Å². The SMILES string of the molecule is O=C(O)C=Cc1ccsc1C(=O)N1CCNC(=O)CC1. The highest BCUT2D eigenvalue weighted by Crippen LogP contribution is 2.21. The number of hydrogen-bond acceptors (Lipinski definition) is 4. The maximum absolute atomic E-state index is 12.4. The number of aliphatic carboxylic acids is 1. The lowest BCUT2D eigenvalue weighted by molar-refractivity contribution is -0.131. The summed E-state index contributed by atoms with van der Waals surface area (Å²) >= 11 is 1.27. The molecule has 1 fully saturated rings. The molecule has 1 aromatic rings. The Morgan fingerprint density at radius 2 is 2.20 bits per heavy atom. The molecule has 0 atom stereocenters. The van der Waals surface area contributed by atoms with Gasteiger partial charge in [-0.15, -0.1) is 11.3 Å². The number of carboxylic acid groups (broad SMARTS) is 1. The summed E-state index contributed by atoms with van der Waals surface area (Å²) in [5.41, 5.74) is 0.589. The van der Waals surface area contributed by atoms with E-state index in [1.54, 1.807) is 16.3 Å². The van der Waals surface area contributed by atoms with Crippen LogP contribution in [0.25, 0.3) is 6.08 Å². The Morgan fingerprint density at radius 3 is 2.95 bits per heavy atom. The first-order valence-electron chi connectivity index (χ1n) is 6.12. The van der Waals surface area contributed by atoms with Crippen molar-refractivity contribution in [1.82, 2.24) is 10.2 Å². The number of carbonyl (C=O) groups is 3. The maximum atomic E-state index is 12.4. The van der Waals surface area contributed by atoms with E-state index in [0.717, 1.165) is 6.08 Å². The molecule has 1 aromatic heterocycles. The highest BCUT2D eigenvalue weighted by atomic mass is 32.1. The molecule has 2 heterocycles. The molecule has 20 heavy (non-hydrogen) atoms. The number of rotatable bonds is 3. The molecule has 0 aromatic carbocycles. The average Bonchev–Trinajstić information content (AvgIpc) is 2.77. The van der Waals surface area contributed by atoms with Gasteiger partial charge >= 0.3 is 5.97 Å². The Balaban J connectivity index is 2.14. The van der Waals surface area contributed by atoms with Crippen LogP contribution >= 0.6 is 11.3 Å². The average molecular weight is 294 g/mol. The van der Waals surface area contributed by atoms with Crippen LogP contribution in [0, 0.1) is 0 Å². The lowest BCUT2D eigenvalue weighted by Crippen LogP contribution is -2.34. The lowest BCUT2D eigenvalue weighted by atomic mass is 10.2. The van der Waals surface area contributed by atoms with Gasteiger partial charge in [0.2, 0.25) is 5.91 Å². The number of hydrogen-bond donors (Lipinski definition) is 2. The summed E-state index contributed by atoms with van der Waals surface area (Å²) in [5.74, 6) is -1.28. The molecule has 0 unspecified atom stereocenters. The number of nitrogens with one attached hydrogen (secondary N) is 1. The zero-order chi connectivity index (χ0) is 14.5. The molecule has 2 amide bonds. The molecule has 0 bridgehead atoms. The van der Waals surface area contributed by atoms with Crippen LogP contribution in [0.1, 0.15) is 21.7 Å². The summed E-state index contributed by atoms with van der Waals surface area (Å²) in [7, 11) is 0. The van der Waals surface area contributed by atoms with Crippen LogP contribution in [0.4, 0.5) is 0 Å². The quantitative estimate of drug-likeness (QED) is 0.808. The lowest BCUT2D eigenvalue weighted by Gasteiger charge is -2.19. The van der Waals surface area contributed by atoms with E-state index >= 15 is 0 Å². The third-order valence-electron chi connectivity index (χ3n) is 2.90. The van der Waals surface area contributed by atoms with Crippen LogP contribution in [0.3, 0.4) is 0 Å². The summed E-state index contributed by atoms with van der Waals surface area (Å²) < 4.78 is 0. The molecule has 0 aliphatic carbocycles. The van der Waals surface area contributed by atoms with E-state index in [2.05, 4.69) is 5.32 Å². The first kappa shape index (κ1) is 14.3. The van der Waals surface area contributed by atoms with E-state index in [0.29, 0.717) is 30.1 Å². The second-order valence-electron chi connectivity index (χ2n) is 4.27. The minimum atomic E-state index is -1.06. The van der Waals surface area contributed by atoms with E-state index in [9.17, 15) is 14.4 Å². The second-order valence-corrected chi connectivity index (χ2v) is 5.18. The van der Waals surface area contributed by atoms with Gasteiger partial charge in [-0.1, -0.05) is 0 Å². The fourth-order valence-corrected chi connectivity index (χ4v) is 2.75. The molecular weight excluding hydrogens is 280 g/mol. The molecule has 106 valence electrons. The van der Waals surface area contributed by atoms with Gasteiger partial charge in [0.05, 0.1) is 4.88 Å². The van der Waals surface area contributed by atoms with E-state index in [1.807, 2.05) is 0 Å². The Hall–Kier alpha value is -2.15. The number of thiophene rings is 1. The van der Waals surface area contributed by atoms with Gasteiger partial charge in [0, 0.05) is 32.1 Å². The molecule has 2 rings (SSSR count). The van der Waals surface area contributed by atoms with Crippen LogP contribution in [-0.4, -0.2) is 47.4 Å². The van der Waals surface area contributed by atoms with Gasteiger partial charge in [0.1, 0.15) is 0 Å². The maximum Gasteiger partial charge on any atom is 0.328 e. The normalized spacial score (nSPS) is 16.0. The van der Waals surface area contributed by atoms with Crippen molar-refractivity contribution in [3.63, 3.8) is 0 Å². The van der Waals surface area contributed by atoms with Crippen LogP contribution in [0.15, 0.2) is 17.5 Å². The van der Waals surface area contributed by atoms with Gasteiger partial charge in [0.25, 0.3) is 5.91 Å². The van der Waals surface area contributed by atoms with Crippen molar-refractivity contribution in [2.45, 2.75) is 6.42 Å². The molecule has 2 N–H and O–H groups in total. The number of carbonyl (C=O) groups excluding carboxylic acids is 2. The number of nitrogens with zero attached hydrogens (tertiary/aromatic N) is 1. The molecule has 0 spiro atoms. The van der Waals surface area contributed by atoms with Gasteiger partial charge in [-0.25, -0.2) is 4.79 Å². The highest BCUT2D eigenvalue weighted by molar-refractivity contribution is 7.12. The molecule has 0 radical (unpaired) electrons. The van der Waals surface area contributed by atoms with Crippen molar-refractivity contribution in [3.8, 4) is 0 Å². The predicted octanol–water partition coefficient (Wildman–Crippen LogP) is 0.808. The van der Waals surface area contributed by atoms with Gasteiger partial charge in [0.15, 0.2) is 0 Å². The Labute approximate surface area is 119 Å². The van der Waals surface area contributed by atoms with Crippen molar-refractivity contribution in [3.05, 3.63) is 28.0 Å². The fourth-order valence-electron chi connectivity index (χ4n) is 1.90. The standard InChI is InChI=1S/C13H14N2O4S/c16-10-3-6-15(7-5-14-10)13(19)12-9(4-8-20-12)1-2-11(17)18/h1-2,4,8H,3,5-7H2,(H,14,16)(H,17,18). The summed E-state index contributed by atoms with van der Waals surface area (Å²) in [6.07, 6.45) is 2.71. The van der Waals surface area contributed by atoms with Gasteiger partial charge in [-0.05, 0) is 23.1 Å². The first-order chi connectivity index (χ1) is 9.58. The summed E-state index contributed by atoms with van der Waals surface area (Å²) in [6, 6.07) is 1.71. The monoisotopic (exact) mass is 294 g/mol. The number of carboxylic acids is 1. The summed E-state index contributed by atoms with van der Waals surface area (Å²) in [5, 5.41) is 13.1. The van der Waals surface area contributed by atoms with E-state index in [1.165, 1.54) is 17.4 Å². The van der Waals surface area contributed by atoms with Crippen LogP contribution in [0.5, 0.6) is 0 Å². The van der Waals surface area contributed by atoms with Gasteiger partial charge in [-0.2, -0.15) is 0 Å². The minimum Gasteiger partial charge on any atom is -0.478 e. The van der Waals surface area contributed by atoms with Crippen molar-refractivity contribution in [2.24, 2.45) is 0 Å². The van der Waals surface area contributed by atoms with Gasteiger partial charge in [-0.3, -0.25) is 9.59 Å². The second kappa shape index (κ2) is 6.33. The molecule has 0 saturated carbocycles. The van der Waals surface area contributed by atoms with Crippen molar-refractivity contribution >= 4 is 35.2 Å². The van der Waals surface area contributed by atoms with E-state index in [4.69, 9.17) is 5.11 Å². The molecule has 1 aliphatic heterocycles. The summed E-state index contributed by atoms with van der Waals surface area (Å²) in [4.78, 5) is 36.3. The van der Waals surface area contributed by atoms with Gasteiger partial charge < -0.3 is 15.3 Å². The zero-order valence-electron chi connectivity index (χ0n) is 10.7. The van der Waals surface area contributed by atoms with Crippen LogP contribution in [-0.2, 0) is 9.59 Å². The Morgan fingerprint density at radius 1 is 1.40 bits per heavy atom. The Kier molecular flexibility index (Phi) is 4.52. The Bertz CT molecular complexity index is 564. The van der Waals surface area contributed by atoms with Crippen molar-refractivity contribution < 1.29 is 19.5 Å². The van der Waals surface area contributed by atoms with Crippen molar-refractivity contribution in [2.75, 3.05) is 19.6 Å². The van der Waals surface area contributed by atoms with Crippen LogP contribution < -0.4 is 5.32 Å². The van der Waals surface area contributed by atoms with Crippen molar-refractivity contribution in [1.29, 1.82) is 0 Å². The minimum absolute atomic E-state index is 0.0579. The molecule has 7 heteroatoms. The third kappa shape index (κ3) is 3.45. The van der Waals surface area contributed by atoms with E-state index < -0.39 is 5.97 Å². The largest absolute Gasteiger partial charge is 0.478 e. The topological polar surface area (TPSA) is 86.7 Å². The third-order valence-corrected chi connectivity index (χ3v) is 3.81. The van der Waals surface area contributed by atoms with E-state index in [-0.39, 0.29) is 18.2 Å².